The summed E-state index contributed by atoms with van der Waals surface area (Å²) in [6.45, 7) is 1.59. The fourth-order valence-electron chi connectivity index (χ4n) is 1.41. The number of sulfone groups is 1. The van der Waals surface area contributed by atoms with Crippen molar-refractivity contribution in [1.82, 2.24) is 4.90 Å². The molecule has 0 aliphatic carbocycles. The number of rotatable bonds is 5. The fourth-order valence-corrected chi connectivity index (χ4v) is 4.67. The molecule has 1 rings (SSSR count). The molecule has 20 heavy (non-hydrogen) atoms. The molecule has 0 saturated carbocycles. The van der Waals surface area contributed by atoms with Gasteiger partial charge in [0.25, 0.3) is 15.0 Å². The van der Waals surface area contributed by atoms with Gasteiger partial charge in [-0.3, -0.25) is 4.79 Å². The quantitative estimate of drug-likeness (QED) is 0.734. The van der Waals surface area contributed by atoms with E-state index < -0.39 is 24.8 Å². The van der Waals surface area contributed by atoms with Crippen LogP contribution in [0.4, 0.5) is 0 Å². The molecule has 0 unspecified atom stereocenters. The molecule has 0 radical (unpaired) electrons. The first-order valence-electron chi connectivity index (χ1n) is 5.40. The van der Waals surface area contributed by atoms with Crippen molar-refractivity contribution in [3.8, 4) is 0 Å². The second-order valence-corrected chi connectivity index (χ2v) is 10.4. The Hall–Kier alpha value is -0.640. The minimum absolute atomic E-state index is 0.0393. The smallest absolute Gasteiger partial charge is 0.263 e. The van der Waals surface area contributed by atoms with Crippen LogP contribution in [0, 0.1) is 6.92 Å². The molecule has 1 aromatic heterocycles. The number of halogens is 1. The van der Waals surface area contributed by atoms with Crippen LogP contribution in [-0.2, 0) is 18.9 Å². The molecule has 1 aromatic rings. The van der Waals surface area contributed by atoms with Gasteiger partial charge in [-0.2, -0.15) is 0 Å². The zero-order valence-electron chi connectivity index (χ0n) is 11.1. The van der Waals surface area contributed by atoms with Crippen molar-refractivity contribution >= 4 is 46.8 Å². The second-order valence-electron chi connectivity index (χ2n) is 4.33. The topological polar surface area (TPSA) is 88.6 Å². The number of aryl methyl sites for hydroxylation is 1. The molecule has 114 valence electrons. The first-order chi connectivity index (χ1) is 8.92. The maximum atomic E-state index is 12.1. The summed E-state index contributed by atoms with van der Waals surface area (Å²) in [5, 5.41) is 0. The van der Waals surface area contributed by atoms with Crippen LogP contribution in [0.2, 0.25) is 0 Å². The highest BCUT2D eigenvalue weighted by atomic mass is 35.7. The van der Waals surface area contributed by atoms with Gasteiger partial charge in [0.05, 0.1) is 15.5 Å². The van der Waals surface area contributed by atoms with Crippen LogP contribution < -0.4 is 0 Å². The number of hydrogen-bond acceptors (Lipinski definition) is 6. The summed E-state index contributed by atoms with van der Waals surface area (Å²) in [7, 11) is -0.347. The van der Waals surface area contributed by atoms with E-state index in [1.807, 2.05) is 0 Å². The third kappa shape index (κ3) is 4.72. The van der Waals surface area contributed by atoms with Gasteiger partial charge in [0.1, 0.15) is 9.84 Å². The van der Waals surface area contributed by atoms with E-state index in [1.54, 1.807) is 6.92 Å². The third-order valence-electron chi connectivity index (χ3n) is 2.49. The lowest BCUT2D eigenvalue weighted by molar-refractivity contribution is 0.0808. The highest BCUT2D eigenvalue weighted by molar-refractivity contribution is 8.13. The first kappa shape index (κ1) is 17.4. The normalized spacial score (nSPS) is 12.4. The molecule has 0 spiro atoms. The lowest BCUT2D eigenvalue weighted by Gasteiger charge is -2.15. The molecule has 0 fully saturated rings. The Balaban J connectivity index is 2.94. The summed E-state index contributed by atoms with van der Waals surface area (Å²) >= 11 is 1.01. The van der Waals surface area contributed by atoms with Crippen LogP contribution in [0.5, 0.6) is 0 Å². The van der Waals surface area contributed by atoms with E-state index in [2.05, 4.69) is 0 Å². The van der Waals surface area contributed by atoms with Crippen molar-refractivity contribution in [3.63, 3.8) is 0 Å². The molecule has 6 nitrogen and oxygen atoms in total. The summed E-state index contributed by atoms with van der Waals surface area (Å²) in [5.74, 6) is -0.589. The number of hydrogen-bond donors (Lipinski definition) is 0. The predicted molar refractivity (Wildman–Crippen MR) is 78.8 cm³/mol. The Bertz CT molecular complexity index is 720. The van der Waals surface area contributed by atoms with E-state index in [0.29, 0.717) is 4.88 Å². The molecule has 1 heterocycles. The molecule has 10 heteroatoms. The van der Waals surface area contributed by atoms with Gasteiger partial charge < -0.3 is 4.90 Å². The van der Waals surface area contributed by atoms with Gasteiger partial charge >= 0.3 is 0 Å². The molecule has 1 amide bonds. The SMILES string of the molecule is Cc1sc(C(=O)N(C)CCS(C)(=O)=O)cc1S(=O)(=O)Cl. The average Bonchev–Trinajstić information content (AvgIpc) is 2.65. The van der Waals surface area contributed by atoms with Gasteiger partial charge in [-0.25, -0.2) is 16.8 Å². The van der Waals surface area contributed by atoms with E-state index in [9.17, 15) is 21.6 Å². The van der Waals surface area contributed by atoms with Crippen LogP contribution in [0.15, 0.2) is 11.0 Å². The maximum Gasteiger partial charge on any atom is 0.263 e. The van der Waals surface area contributed by atoms with E-state index in [-0.39, 0.29) is 22.1 Å². The summed E-state index contributed by atoms with van der Waals surface area (Å²) in [4.78, 5) is 13.8. The third-order valence-corrected chi connectivity index (χ3v) is 6.03. The minimum atomic E-state index is -3.89. The highest BCUT2D eigenvalue weighted by Crippen LogP contribution is 2.28. The summed E-state index contributed by atoms with van der Waals surface area (Å²) < 4.78 is 44.7. The summed E-state index contributed by atoms with van der Waals surface area (Å²) in [6, 6.07) is 1.21. The Kier molecular flexibility index (Phi) is 5.23. The largest absolute Gasteiger partial charge is 0.340 e. The zero-order chi connectivity index (χ0) is 15.7. The second kappa shape index (κ2) is 6.00. The van der Waals surface area contributed by atoms with Crippen molar-refractivity contribution in [2.75, 3.05) is 25.6 Å². The van der Waals surface area contributed by atoms with Crippen LogP contribution in [0.1, 0.15) is 14.5 Å². The number of carbonyl (C=O) groups excluding carboxylic acids is 1. The first-order valence-corrected chi connectivity index (χ1v) is 10.6. The van der Waals surface area contributed by atoms with Crippen LogP contribution in [-0.4, -0.2) is 53.2 Å². The Morgan fingerprint density at radius 1 is 1.35 bits per heavy atom. The van der Waals surface area contributed by atoms with E-state index in [4.69, 9.17) is 10.7 Å². The van der Waals surface area contributed by atoms with Crippen molar-refractivity contribution in [1.29, 1.82) is 0 Å². The molecule has 0 aromatic carbocycles. The van der Waals surface area contributed by atoms with Gasteiger partial charge in [-0.1, -0.05) is 0 Å². The molecular weight excluding hydrogens is 346 g/mol. The molecule has 0 bridgehead atoms. The summed E-state index contributed by atoms with van der Waals surface area (Å²) in [6.07, 6.45) is 1.08. The van der Waals surface area contributed by atoms with Gasteiger partial charge in [0, 0.05) is 35.4 Å². The number of thiophene rings is 1. The van der Waals surface area contributed by atoms with Crippen LogP contribution in [0.25, 0.3) is 0 Å². The summed E-state index contributed by atoms with van der Waals surface area (Å²) in [5.41, 5.74) is 0. The molecule has 0 saturated heterocycles. The van der Waals surface area contributed by atoms with Gasteiger partial charge in [-0.05, 0) is 13.0 Å². The van der Waals surface area contributed by atoms with Crippen molar-refractivity contribution in [2.24, 2.45) is 0 Å². The maximum absolute atomic E-state index is 12.1. The van der Waals surface area contributed by atoms with Crippen molar-refractivity contribution < 1.29 is 21.6 Å². The lowest BCUT2D eigenvalue weighted by Crippen LogP contribution is -2.30. The Morgan fingerprint density at radius 3 is 2.30 bits per heavy atom. The molecule has 0 aliphatic rings. The standard InChI is InChI=1S/C10H14ClNO5S3/c1-7-9(20(11,16)17)6-8(18-7)10(13)12(2)4-5-19(3,14)15/h6H,4-5H2,1-3H3. The van der Waals surface area contributed by atoms with E-state index in [0.717, 1.165) is 17.6 Å². The van der Waals surface area contributed by atoms with Crippen LogP contribution in [0.3, 0.4) is 0 Å². The molecule has 0 atom stereocenters. The van der Waals surface area contributed by atoms with Gasteiger partial charge in [0.2, 0.25) is 0 Å². The van der Waals surface area contributed by atoms with Gasteiger partial charge in [0.15, 0.2) is 0 Å². The predicted octanol–water partition coefficient (Wildman–Crippen LogP) is 1.10. The van der Waals surface area contributed by atoms with Crippen molar-refractivity contribution in [3.05, 3.63) is 15.8 Å². The number of amides is 1. The van der Waals surface area contributed by atoms with Gasteiger partial charge in [-0.15, -0.1) is 11.3 Å². The number of carbonyl (C=O) groups is 1. The average molecular weight is 360 g/mol. The highest BCUT2D eigenvalue weighted by Gasteiger charge is 2.22. The molecular formula is C10H14ClNO5S3. The lowest BCUT2D eigenvalue weighted by atomic mass is 10.4. The molecule has 0 N–H and O–H groups in total. The Labute approximate surface area is 126 Å². The zero-order valence-corrected chi connectivity index (χ0v) is 14.3. The van der Waals surface area contributed by atoms with E-state index in [1.165, 1.54) is 18.0 Å². The minimum Gasteiger partial charge on any atom is -0.340 e. The van der Waals surface area contributed by atoms with Crippen LogP contribution >= 0.6 is 22.0 Å². The number of nitrogens with zero attached hydrogens (tertiary/aromatic N) is 1. The fraction of sp³-hybridized carbons (Fsp3) is 0.500. The Morgan fingerprint density at radius 2 is 1.90 bits per heavy atom. The monoisotopic (exact) mass is 359 g/mol. The van der Waals surface area contributed by atoms with Crippen molar-refractivity contribution in [2.45, 2.75) is 11.8 Å². The molecule has 0 aliphatic heterocycles. The van der Waals surface area contributed by atoms with E-state index >= 15 is 0 Å².